The Kier molecular flexibility index (Phi) is 5.63. The second-order valence-corrected chi connectivity index (χ2v) is 1.61. The minimum Gasteiger partial charge on any atom is -0.508 e. The lowest BCUT2D eigenvalue weighted by molar-refractivity contribution is 0.475. The molecule has 0 saturated carbocycles. The Labute approximate surface area is 60.2 Å². The quantitative estimate of drug-likeness (QED) is 0.561. The third-order valence-corrected chi connectivity index (χ3v) is 0.756. The van der Waals surface area contributed by atoms with Crippen molar-refractivity contribution in [2.75, 3.05) is 0 Å². The maximum absolute atomic E-state index is 8.63. The Balaban J connectivity index is 0.000000236. The summed E-state index contributed by atoms with van der Waals surface area (Å²) in [6.45, 7) is 0. The van der Waals surface area contributed by atoms with Crippen molar-refractivity contribution >= 4 is 8.69 Å². The van der Waals surface area contributed by atoms with Crippen LogP contribution in [0, 0.1) is 0 Å². The van der Waals surface area contributed by atoms with Crippen molar-refractivity contribution in [3.8, 4) is 5.75 Å². The third-order valence-electron chi connectivity index (χ3n) is 0.756. The van der Waals surface area contributed by atoms with Crippen molar-refractivity contribution in [3.05, 3.63) is 30.3 Å². The normalized spacial score (nSPS) is 8.10. The van der Waals surface area contributed by atoms with Crippen molar-refractivity contribution in [3.63, 3.8) is 0 Å². The van der Waals surface area contributed by atoms with E-state index < -0.39 is 8.69 Å². The highest BCUT2D eigenvalue weighted by molar-refractivity contribution is 7.16. The van der Waals surface area contributed by atoms with E-state index in [1.165, 1.54) is 0 Å². The average molecular weight is 159 g/mol. The van der Waals surface area contributed by atoms with Gasteiger partial charge in [0.15, 0.2) is 0 Å². The van der Waals surface area contributed by atoms with Gasteiger partial charge in [-0.15, -0.1) is 0 Å². The molecule has 0 radical (unpaired) electrons. The van der Waals surface area contributed by atoms with Gasteiger partial charge in [0.25, 0.3) is 0 Å². The second kappa shape index (κ2) is 6.20. The Bertz CT molecular complexity index is 176. The van der Waals surface area contributed by atoms with Crippen LogP contribution in [0.15, 0.2) is 30.3 Å². The van der Waals surface area contributed by atoms with Gasteiger partial charge in [-0.2, -0.15) is 4.89 Å². The second-order valence-electron chi connectivity index (χ2n) is 1.43. The highest BCUT2D eigenvalue weighted by Crippen LogP contribution is 2.02. The molecule has 10 heavy (non-hydrogen) atoms. The Hall–Kier alpha value is -0.920. The van der Waals surface area contributed by atoms with Gasteiger partial charge in [0.1, 0.15) is 5.75 Å². The van der Waals surface area contributed by atoms with Crippen LogP contribution in [0.1, 0.15) is 0 Å². The molecule has 0 bridgehead atoms. The summed E-state index contributed by atoms with van der Waals surface area (Å²) >= 11 is 0. The fraction of sp³-hybridized carbons (Fsp3) is 0. The van der Waals surface area contributed by atoms with Gasteiger partial charge in [-0.25, -0.2) is 0 Å². The van der Waals surface area contributed by atoms with Crippen LogP contribution in [-0.4, -0.2) is 10.00 Å². The molecule has 1 aromatic rings. The van der Waals surface area contributed by atoms with E-state index in [9.17, 15) is 0 Å². The molecular formula is C6H8O3P+. The molecule has 0 saturated heterocycles. The van der Waals surface area contributed by atoms with Gasteiger partial charge in [0.05, 0.1) is 0 Å². The smallest absolute Gasteiger partial charge is 0.491 e. The summed E-state index contributed by atoms with van der Waals surface area (Å²) in [5.74, 6) is 0.322. The molecular weight excluding hydrogens is 151 g/mol. The highest BCUT2D eigenvalue weighted by atomic mass is 31.1. The average Bonchev–Trinajstić information content (AvgIpc) is 1.91. The summed E-state index contributed by atoms with van der Waals surface area (Å²) < 4.78 is 8.51. The number of rotatable bonds is 0. The van der Waals surface area contributed by atoms with E-state index >= 15 is 0 Å². The van der Waals surface area contributed by atoms with Crippen LogP contribution in [-0.2, 0) is 4.57 Å². The van der Waals surface area contributed by atoms with Crippen LogP contribution in [0.2, 0.25) is 0 Å². The minimum absolute atomic E-state index is 0.322. The number of phenolic OH excluding ortho intramolecular Hbond substituents is 1. The fourth-order valence-corrected chi connectivity index (χ4v) is 0.428. The maximum Gasteiger partial charge on any atom is 0.491 e. The largest absolute Gasteiger partial charge is 0.508 e. The zero-order valence-corrected chi connectivity index (χ0v) is 6.19. The number of benzene rings is 1. The van der Waals surface area contributed by atoms with Crippen LogP contribution >= 0.6 is 8.69 Å². The standard InChI is InChI=1S/C6H6O.HO2P/c7-6-4-2-1-3-5-6;1-3-2/h1-5,7H;3H/p+1. The molecule has 54 valence electrons. The first-order valence-electron chi connectivity index (χ1n) is 2.56. The topological polar surface area (TPSA) is 57.5 Å². The first-order valence-corrected chi connectivity index (χ1v) is 3.42. The molecule has 0 spiro atoms. The van der Waals surface area contributed by atoms with Crippen molar-refractivity contribution in [1.29, 1.82) is 0 Å². The van der Waals surface area contributed by atoms with Gasteiger partial charge in [-0.1, -0.05) is 18.2 Å². The SMILES string of the molecule is O=[PH+]O.Oc1ccccc1. The predicted molar refractivity (Wildman–Crippen MR) is 39.3 cm³/mol. The predicted octanol–water partition coefficient (Wildman–Crippen LogP) is 1.31. The Morgan fingerprint density at radius 1 is 1.20 bits per heavy atom. The number of aromatic hydroxyl groups is 1. The Morgan fingerprint density at radius 2 is 1.60 bits per heavy atom. The van der Waals surface area contributed by atoms with Crippen molar-refractivity contribution in [1.82, 2.24) is 0 Å². The molecule has 1 aromatic carbocycles. The van der Waals surface area contributed by atoms with E-state index in [1.54, 1.807) is 24.3 Å². The van der Waals surface area contributed by atoms with Gasteiger partial charge >= 0.3 is 8.69 Å². The molecule has 0 heterocycles. The molecule has 0 fully saturated rings. The molecule has 0 aromatic heterocycles. The summed E-state index contributed by atoms with van der Waals surface area (Å²) in [5, 5.41) is 8.63. The number of hydrogen-bond acceptors (Lipinski definition) is 2. The molecule has 1 unspecified atom stereocenters. The highest BCUT2D eigenvalue weighted by Gasteiger charge is 1.74. The van der Waals surface area contributed by atoms with Crippen molar-refractivity contribution < 1.29 is 14.6 Å². The third kappa shape index (κ3) is 5.22. The van der Waals surface area contributed by atoms with Crippen LogP contribution < -0.4 is 0 Å². The van der Waals surface area contributed by atoms with E-state index in [0.29, 0.717) is 5.75 Å². The summed E-state index contributed by atoms with van der Waals surface area (Å²) in [7, 11) is -1.17. The van der Waals surface area contributed by atoms with E-state index in [1.807, 2.05) is 6.07 Å². The monoisotopic (exact) mass is 159 g/mol. The maximum atomic E-state index is 8.63. The van der Waals surface area contributed by atoms with Crippen LogP contribution in [0.5, 0.6) is 5.75 Å². The van der Waals surface area contributed by atoms with E-state index in [-0.39, 0.29) is 0 Å². The van der Waals surface area contributed by atoms with Crippen LogP contribution in [0.25, 0.3) is 0 Å². The van der Waals surface area contributed by atoms with Crippen molar-refractivity contribution in [2.45, 2.75) is 0 Å². The summed E-state index contributed by atoms with van der Waals surface area (Å²) in [4.78, 5) is 7.04. The van der Waals surface area contributed by atoms with Gasteiger partial charge in [-0.3, -0.25) is 0 Å². The first kappa shape index (κ1) is 9.08. The summed E-state index contributed by atoms with van der Waals surface area (Å²) in [5.41, 5.74) is 0. The van der Waals surface area contributed by atoms with Gasteiger partial charge in [0.2, 0.25) is 0 Å². The summed E-state index contributed by atoms with van der Waals surface area (Å²) in [6.07, 6.45) is 0. The van der Waals surface area contributed by atoms with Crippen molar-refractivity contribution in [2.24, 2.45) is 0 Å². The van der Waals surface area contributed by atoms with Crippen LogP contribution in [0.3, 0.4) is 0 Å². The van der Waals surface area contributed by atoms with Gasteiger partial charge in [-0.05, 0) is 16.7 Å². The molecule has 1 atom stereocenters. The molecule has 0 aliphatic rings. The number of phenols is 1. The molecule has 0 aliphatic heterocycles. The van der Waals surface area contributed by atoms with Gasteiger partial charge < -0.3 is 5.11 Å². The lowest BCUT2D eigenvalue weighted by Gasteiger charge is -1.82. The lowest BCUT2D eigenvalue weighted by Crippen LogP contribution is -1.56. The molecule has 0 amide bonds. The Morgan fingerprint density at radius 3 is 1.80 bits per heavy atom. The van der Waals surface area contributed by atoms with Crippen LogP contribution in [0.4, 0.5) is 0 Å². The van der Waals surface area contributed by atoms with Gasteiger partial charge in [0, 0.05) is 0 Å². The molecule has 3 nitrogen and oxygen atoms in total. The lowest BCUT2D eigenvalue weighted by atomic mass is 10.3. The zero-order chi connectivity index (χ0) is 7.82. The van der Waals surface area contributed by atoms with E-state index in [2.05, 4.69) is 0 Å². The zero-order valence-electron chi connectivity index (χ0n) is 5.19. The minimum atomic E-state index is -1.17. The van der Waals surface area contributed by atoms with E-state index in [0.717, 1.165) is 0 Å². The number of hydrogen-bond donors (Lipinski definition) is 2. The number of para-hydroxylation sites is 1. The molecule has 4 heteroatoms. The summed E-state index contributed by atoms with van der Waals surface area (Å²) in [6, 6.07) is 8.71. The molecule has 1 rings (SSSR count). The molecule has 0 aliphatic carbocycles. The fourth-order valence-electron chi connectivity index (χ4n) is 0.428. The molecule has 2 N–H and O–H groups in total. The first-order chi connectivity index (χ1) is 4.81. The van der Waals surface area contributed by atoms with E-state index in [4.69, 9.17) is 14.6 Å².